The van der Waals surface area contributed by atoms with Gasteiger partial charge in [0, 0.05) is 24.9 Å². The Morgan fingerprint density at radius 2 is 2.29 bits per heavy atom. The smallest absolute Gasteiger partial charge is 0.226 e. The number of aromatic nitrogens is 3. The van der Waals surface area contributed by atoms with E-state index in [1.807, 2.05) is 19.2 Å². The van der Waals surface area contributed by atoms with E-state index in [0.717, 1.165) is 25.3 Å². The van der Waals surface area contributed by atoms with Crippen LogP contribution in [0.15, 0.2) is 22.9 Å². The van der Waals surface area contributed by atoms with Crippen LogP contribution < -0.4 is 5.32 Å². The van der Waals surface area contributed by atoms with Gasteiger partial charge in [-0.2, -0.15) is 4.98 Å². The fraction of sp³-hybridized carbons (Fsp3) is 0.500. The van der Waals surface area contributed by atoms with Gasteiger partial charge in [-0.3, -0.25) is 0 Å². The molecule has 2 aromatic heterocycles. The first-order valence-corrected chi connectivity index (χ1v) is 5.99. The van der Waals surface area contributed by atoms with Crippen LogP contribution in [0.3, 0.4) is 0 Å². The van der Waals surface area contributed by atoms with Gasteiger partial charge in [-0.15, -0.1) is 0 Å². The maximum absolute atomic E-state index is 5.09. The Bertz CT molecular complexity index is 461. The highest BCUT2D eigenvalue weighted by Gasteiger charge is 2.07. The maximum atomic E-state index is 5.09. The Labute approximate surface area is 101 Å². The molecule has 0 aliphatic heterocycles. The number of nitrogens with zero attached hydrogens (tertiary/aromatic N) is 3. The van der Waals surface area contributed by atoms with Gasteiger partial charge in [0.1, 0.15) is 0 Å². The summed E-state index contributed by atoms with van der Waals surface area (Å²) >= 11 is 0. The SMILES string of the molecule is CCNCc1cccn1Cc1noc(CC)n1. The van der Waals surface area contributed by atoms with Crippen molar-refractivity contribution < 1.29 is 4.52 Å². The lowest BCUT2D eigenvalue weighted by atomic mass is 10.4. The Morgan fingerprint density at radius 3 is 3.00 bits per heavy atom. The molecule has 5 heteroatoms. The molecule has 0 aliphatic rings. The molecule has 5 nitrogen and oxygen atoms in total. The highest BCUT2D eigenvalue weighted by atomic mass is 16.5. The van der Waals surface area contributed by atoms with Crippen LogP contribution in [0.5, 0.6) is 0 Å². The minimum Gasteiger partial charge on any atom is -0.342 e. The van der Waals surface area contributed by atoms with Gasteiger partial charge in [0.2, 0.25) is 5.89 Å². The van der Waals surface area contributed by atoms with E-state index < -0.39 is 0 Å². The summed E-state index contributed by atoms with van der Waals surface area (Å²) in [5.41, 5.74) is 1.23. The predicted octanol–water partition coefficient (Wildman–Crippen LogP) is 1.59. The fourth-order valence-electron chi connectivity index (χ4n) is 1.67. The topological polar surface area (TPSA) is 55.9 Å². The molecule has 0 amide bonds. The molecule has 0 aliphatic carbocycles. The van der Waals surface area contributed by atoms with Gasteiger partial charge >= 0.3 is 0 Å². The first-order valence-electron chi connectivity index (χ1n) is 5.99. The molecule has 2 heterocycles. The summed E-state index contributed by atoms with van der Waals surface area (Å²) in [6.45, 7) is 6.59. The maximum Gasteiger partial charge on any atom is 0.226 e. The molecule has 0 atom stereocenters. The van der Waals surface area contributed by atoms with Crippen LogP contribution in [0.2, 0.25) is 0 Å². The van der Waals surface area contributed by atoms with E-state index >= 15 is 0 Å². The summed E-state index contributed by atoms with van der Waals surface area (Å²) in [6, 6.07) is 4.14. The van der Waals surface area contributed by atoms with E-state index in [1.165, 1.54) is 5.69 Å². The van der Waals surface area contributed by atoms with Crippen molar-refractivity contribution in [1.29, 1.82) is 0 Å². The number of aryl methyl sites for hydroxylation is 1. The van der Waals surface area contributed by atoms with Crippen LogP contribution in [0, 0.1) is 0 Å². The molecule has 0 fully saturated rings. The van der Waals surface area contributed by atoms with E-state index in [2.05, 4.69) is 33.0 Å². The monoisotopic (exact) mass is 234 g/mol. The highest BCUT2D eigenvalue weighted by Crippen LogP contribution is 2.06. The minimum atomic E-state index is 0.664. The lowest BCUT2D eigenvalue weighted by molar-refractivity contribution is 0.375. The standard InChI is InChI=1S/C12H18N4O/c1-3-12-14-11(15-17-12)9-16-7-5-6-10(16)8-13-4-2/h5-7,13H,3-4,8-9H2,1-2H3. The fourth-order valence-corrected chi connectivity index (χ4v) is 1.67. The molecule has 0 radical (unpaired) electrons. The van der Waals surface area contributed by atoms with Gasteiger partial charge < -0.3 is 14.4 Å². The quantitative estimate of drug-likeness (QED) is 0.824. The molecule has 2 rings (SSSR count). The van der Waals surface area contributed by atoms with E-state index in [0.29, 0.717) is 12.4 Å². The summed E-state index contributed by atoms with van der Waals surface area (Å²) in [5.74, 6) is 1.43. The molecule has 0 saturated heterocycles. The predicted molar refractivity (Wildman–Crippen MR) is 64.6 cm³/mol. The van der Waals surface area contributed by atoms with Crippen molar-refractivity contribution in [2.24, 2.45) is 0 Å². The summed E-state index contributed by atoms with van der Waals surface area (Å²) in [7, 11) is 0. The largest absolute Gasteiger partial charge is 0.342 e. The van der Waals surface area contributed by atoms with Gasteiger partial charge in [0.05, 0.1) is 6.54 Å². The summed E-state index contributed by atoms with van der Waals surface area (Å²) in [6.07, 6.45) is 2.82. The normalized spacial score (nSPS) is 10.9. The van der Waals surface area contributed by atoms with Crippen LogP contribution in [-0.4, -0.2) is 21.3 Å². The zero-order valence-electron chi connectivity index (χ0n) is 10.3. The molecule has 0 bridgehead atoms. The molecular weight excluding hydrogens is 216 g/mol. The van der Waals surface area contributed by atoms with Crippen molar-refractivity contribution in [3.63, 3.8) is 0 Å². The molecule has 0 saturated carbocycles. The number of hydrogen-bond donors (Lipinski definition) is 1. The average molecular weight is 234 g/mol. The van der Waals surface area contributed by atoms with E-state index in [1.54, 1.807) is 0 Å². The molecule has 2 aromatic rings. The summed E-state index contributed by atoms with van der Waals surface area (Å²) in [5, 5.41) is 7.26. The molecular formula is C12H18N4O. The second-order valence-corrected chi connectivity index (χ2v) is 3.87. The molecule has 0 spiro atoms. The lowest BCUT2D eigenvalue weighted by Crippen LogP contribution is -2.15. The third-order valence-electron chi connectivity index (χ3n) is 2.60. The third-order valence-corrected chi connectivity index (χ3v) is 2.60. The second-order valence-electron chi connectivity index (χ2n) is 3.87. The number of rotatable bonds is 6. The van der Waals surface area contributed by atoms with Crippen molar-refractivity contribution in [2.75, 3.05) is 6.54 Å². The van der Waals surface area contributed by atoms with E-state index in [-0.39, 0.29) is 0 Å². The highest BCUT2D eigenvalue weighted by molar-refractivity contribution is 5.08. The van der Waals surface area contributed by atoms with Crippen molar-refractivity contribution in [1.82, 2.24) is 20.0 Å². The van der Waals surface area contributed by atoms with Crippen molar-refractivity contribution >= 4 is 0 Å². The van der Waals surface area contributed by atoms with Gasteiger partial charge in [0.25, 0.3) is 0 Å². The van der Waals surface area contributed by atoms with Crippen molar-refractivity contribution in [3.05, 3.63) is 35.7 Å². The van der Waals surface area contributed by atoms with Crippen LogP contribution in [0.25, 0.3) is 0 Å². The lowest BCUT2D eigenvalue weighted by Gasteiger charge is -2.06. The zero-order chi connectivity index (χ0) is 12.1. The van der Waals surface area contributed by atoms with Crippen molar-refractivity contribution in [3.8, 4) is 0 Å². The second kappa shape index (κ2) is 5.63. The molecule has 0 aromatic carbocycles. The van der Waals surface area contributed by atoms with Gasteiger partial charge in [-0.1, -0.05) is 19.0 Å². The van der Waals surface area contributed by atoms with Gasteiger partial charge in [-0.05, 0) is 18.7 Å². The first kappa shape index (κ1) is 11.9. The molecule has 1 N–H and O–H groups in total. The van der Waals surface area contributed by atoms with Crippen LogP contribution in [0.1, 0.15) is 31.3 Å². The molecule has 0 unspecified atom stereocenters. The van der Waals surface area contributed by atoms with E-state index in [9.17, 15) is 0 Å². The van der Waals surface area contributed by atoms with Crippen LogP contribution in [0.4, 0.5) is 0 Å². The average Bonchev–Trinajstić information content (AvgIpc) is 2.96. The van der Waals surface area contributed by atoms with Crippen LogP contribution >= 0.6 is 0 Å². The first-order chi connectivity index (χ1) is 8.33. The van der Waals surface area contributed by atoms with E-state index in [4.69, 9.17) is 4.52 Å². The number of nitrogens with one attached hydrogen (secondary N) is 1. The zero-order valence-corrected chi connectivity index (χ0v) is 10.3. The number of hydrogen-bond acceptors (Lipinski definition) is 4. The van der Waals surface area contributed by atoms with Gasteiger partial charge in [-0.25, -0.2) is 0 Å². The van der Waals surface area contributed by atoms with Crippen LogP contribution in [-0.2, 0) is 19.5 Å². The summed E-state index contributed by atoms with van der Waals surface area (Å²) in [4.78, 5) is 4.31. The Kier molecular flexibility index (Phi) is 3.93. The Morgan fingerprint density at radius 1 is 1.41 bits per heavy atom. The summed E-state index contributed by atoms with van der Waals surface area (Å²) < 4.78 is 7.23. The molecule has 92 valence electrons. The van der Waals surface area contributed by atoms with Gasteiger partial charge in [0.15, 0.2) is 5.82 Å². The Balaban J connectivity index is 2.04. The molecule has 17 heavy (non-hydrogen) atoms. The minimum absolute atomic E-state index is 0.664. The third kappa shape index (κ3) is 2.94. The Hall–Kier alpha value is -1.62. The van der Waals surface area contributed by atoms with Crippen molar-refractivity contribution in [2.45, 2.75) is 33.4 Å².